The van der Waals surface area contributed by atoms with Crippen LogP contribution in [0.5, 0.6) is 5.75 Å². The van der Waals surface area contributed by atoms with E-state index in [1.165, 1.54) is 12.8 Å². The van der Waals surface area contributed by atoms with Gasteiger partial charge in [-0.2, -0.15) is 4.98 Å². The third-order valence-electron chi connectivity index (χ3n) is 4.36. The molecule has 1 saturated heterocycles. The Hall–Kier alpha value is -1.56. The highest BCUT2D eigenvalue weighted by Gasteiger charge is 2.29. The summed E-state index contributed by atoms with van der Waals surface area (Å²) in [6.45, 7) is 1.70. The van der Waals surface area contributed by atoms with Gasteiger partial charge in [0.15, 0.2) is 11.6 Å². The van der Waals surface area contributed by atoms with Crippen molar-refractivity contribution in [3.05, 3.63) is 5.69 Å². The third-order valence-corrected chi connectivity index (χ3v) is 4.36. The second-order valence-corrected chi connectivity index (χ2v) is 5.80. The molecule has 110 valence electrons. The number of nitrogens with two attached hydrogens (primary N) is 2. The van der Waals surface area contributed by atoms with E-state index in [1.807, 2.05) is 0 Å². The Balaban J connectivity index is 2.00. The van der Waals surface area contributed by atoms with Crippen LogP contribution in [-0.4, -0.2) is 36.2 Å². The maximum Gasteiger partial charge on any atom is 0.222 e. The topological polar surface area (TPSA) is 90.3 Å². The summed E-state index contributed by atoms with van der Waals surface area (Å²) < 4.78 is 5.63. The van der Waals surface area contributed by atoms with Crippen LogP contribution in [0.25, 0.3) is 0 Å². The van der Waals surface area contributed by atoms with E-state index in [0.717, 1.165) is 49.6 Å². The van der Waals surface area contributed by atoms with Crippen molar-refractivity contribution in [1.82, 2.24) is 9.97 Å². The molecular formula is C14H23N5O. The first-order valence-corrected chi connectivity index (χ1v) is 7.41. The lowest BCUT2D eigenvalue weighted by molar-refractivity contribution is 0.400. The Bertz CT molecular complexity index is 487. The molecule has 2 aliphatic rings. The van der Waals surface area contributed by atoms with Crippen molar-refractivity contribution < 1.29 is 4.74 Å². The Morgan fingerprint density at radius 1 is 1.20 bits per heavy atom. The second-order valence-electron chi connectivity index (χ2n) is 5.80. The highest BCUT2D eigenvalue weighted by atomic mass is 16.5. The van der Waals surface area contributed by atoms with Gasteiger partial charge < -0.3 is 21.1 Å². The van der Waals surface area contributed by atoms with E-state index in [1.54, 1.807) is 7.11 Å². The minimum atomic E-state index is 0.200. The van der Waals surface area contributed by atoms with Gasteiger partial charge in [0, 0.05) is 25.0 Å². The van der Waals surface area contributed by atoms with Gasteiger partial charge in [-0.05, 0) is 19.3 Å². The molecule has 6 heteroatoms. The van der Waals surface area contributed by atoms with E-state index in [4.69, 9.17) is 16.2 Å². The van der Waals surface area contributed by atoms with Crippen molar-refractivity contribution in [3.63, 3.8) is 0 Å². The number of ether oxygens (including phenoxy) is 1. The molecule has 4 N–H and O–H groups in total. The van der Waals surface area contributed by atoms with Crippen molar-refractivity contribution in [1.29, 1.82) is 0 Å². The molecule has 2 heterocycles. The maximum atomic E-state index is 6.00. The summed E-state index contributed by atoms with van der Waals surface area (Å²) >= 11 is 0. The molecule has 0 radical (unpaired) electrons. The molecule has 0 aromatic carbocycles. The Labute approximate surface area is 119 Å². The molecule has 1 aromatic rings. The van der Waals surface area contributed by atoms with Gasteiger partial charge in [-0.3, -0.25) is 0 Å². The molecule has 1 atom stereocenters. The van der Waals surface area contributed by atoms with E-state index in [0.29, 0.717) is 11.9 Å². The average Bonchev–Trinajstić information content (AvgIpc) is 3.08. The summed E-state index contributed by atoms with van der Waals surface area (Å²) in [4.78, 5) is 11.0. The minimum Gasteiger partial charge on any atom is -0.491 e. The zero-order valence-corrected chi connectivity index (χ0v) is 12.0. The standard InChI is InChI=1S/C14H23N5O/c1-20-12-11(9-4-2-3-5-9)17-14(16)18-13(12)19-7-6-10(15)8-19/h9-10H,2-8,15H2,1H3,(H2,16,17,18). The predicted molar refractivity (Wildman–Crippen MR) is 79.0 cm³/mol. The minimum absolute atomic E-state index is 0.200. The van der Waals surface area contributed by atoms with Crippen LogP contribution in [0.15, 0.2) is 0 Å². The number of aromatic nitrogens is 2. The molecule has 6 nitrogen and oxygen atoms in total. The van der Waals surface area contributed by atoms with Crippen molar-refractivity contribution in [2.45, 2.75) is 44.1 Å². The van der Waals surface area contributed by atoms with Crippen molar-refractivity contribution >= 4 is 11.8 Å². The van der Waals surface area contributed by atoms with E-state index in [9.17, 15) is 0 Å². The number of nitrogen functional groups attached to an aromatic ring is 1. The fourth-order valence-electron chi connectivity index (χ4n) is 3.34. The van der Waals surface area contributed by atoms with Gasteiger partial charge in [-0.25, -0.2) is 4.98 Å². The SMILES string of the molecule is COc1c(C2CCCC2)nc(N)nc1N1CCC(N)C1. The number of nitrogens with zero attached hydrogens (tertiary/aromatic N) is 3. The van der Waals surface area contributed by atoms with Crippen LogP contribution in [0.2, 0.25) is 0 Å². The molecule has 3 rings (SSSR count). The first-order valence-electron chi connectivity index (χ1n) is 7.41. The first-order chi connectivity index (χ1) is 9.69. The lowest BCUT2D eigenvalue weighted by Gasteiger charge is -2.23. The third kappa shape index (κ3) is 2.40. The van der Waals surface area contributed by atoms with Gasteiger partial charge in [-0.15, -0.1) is 0 Å². The van der Waals surface area contributed by atoms with Gasteiger partial charge in [-0.1, -0.05) is 12.8 Å². The lowest BCUT2D eigenvalue weighted by atomic mass is 10.0. The first kappa shape index (κ1) is 13.4. The Morgan fingerprint density at radius 2 is 1.95 bits per heavy atom. The fourth-order valence-corrected chi connectivity index (χ4v) is 3.34. The lowest BCUT2D eigenvalue weighted by Crippen LogP contribution is -2.28. The molecule has 1 saturated carbocycles. The monoisotopic (exact) mass is 277 g/mol. The fraction of sp³-hybridized carbons (Fsp3) is 0.714. The molecular weight excluding hydrogens is 254 g/mol. The van der Waals surface area contributed by atoms with E-state index in [-0.39, 0.29) is 6.04 Å². The van der Waals surface area contributed by atoms with E-state index < -0.39 is 0 Å². The number of rotatable bonds is 3. The average molecular weight is 277 g/mol. The highest BCUT2D eigenvalue weighted by Crippen LogP contribution is 2.41. The largest absolute Gasteiger partial charge is 0.491 e. The molecule has 0 spiro atoms. The van der Waals surface area contributed by atoms with Crippen LogP contribution in [0, 0.1) is 0 Å². The summed E-state index contributed by atoms with van der Waals surface area (Å²) in [6, 6.07) is 0.200. The normalized spacial score (nSPS) is 23.5. The Kier molecular flexibility index (Phi) is 3.65. The van der Waals surface area contributed by atoms with Gasteiger partial charge >= 0.3 is 0 Å². The van der Waals surface area contributed by atoms with E-state index >= 15 is 0 Å². The van der Waals surface area contributed by atoms with Crippen LogP contribution < -0.4 is 21.1 Å². The van der Waals surface area contributed by atoms with Gasteiger partial charge in [0.25, 0.3) is 0 Å². The summed E-state index contributed by atoms with van der Waals surface area (Å²) in [5.74, 6) is 2.39. The molecule has 0 amide bonds. The van der Waals surface area contributed by atoms with Crippen LogP contribution in [-0.2, 0) is 0 Å². The maximum absolute atomic E-state index is 6.00. The predicted octanol–water partition coefficient (Wildman–Crippen LogP) is 1.26. The summed E-state index contributed by atoms with van der Waals surface area (Å²) in [7, 11) is 1.69. The van der Waals surface area contributed by atoms with Gasteiger partial charge in [0.05, 0.1) is 12.8 Å². The number of hydrogen-bond acceptors (Lipinski definition) is 6. The summed E-state index contributed by atoms with van der Waals surface area (Å²) in [5, 5.41) is 0. The smallest absolute Gasteiger partial charge is 0.222 e. The van der Waals surface area contributed by atoms with Gasteiger partial charge in [0.2, 0.25) is 5.95 Å². The molecule has 1 aliphatic heterocycles. The molecule has 2 fully saturated rings. The summed E-state index contributed by atoms with van der Waals surface area (Å²) in [5.41, 5.74) is 12.9. The highest BCUT2D eigenvalue weighted by molar-refractivity contribution is 5.58. The quantitative estimate of drug-likeness (QED) is 0.864. The zero-order chi connectivity index (χ0) is 14.1. The van der Waals surface area contributed by atoms with Crippen molar-refractivity contribution in [2.75, 3.05) is 30.8 Å². The molecule has 1 unspecified atom stereocenters. The Morgan fingerprint density at radius 3 is 2.55 bits per heavy atom. The van der Waals surface area contributed by atoms with E-state index in [2.05, 4.69) is 14.9 Å². The number of methoxy groups -OCH3 is 1. The van der Waals surface area contributed by atoms with Crippen LogP contribution in [0.1, 0.15) is 43.7 Å². The van der Waals surface area contributed by atoms with Crippen LogP contribution in [0.3, 0.4) is 0 Å². The molecule has 0 bridgehead atoms. The van der Waals surface area contributed by atoms with Crippen LogP contribution in [0.4, 0.5) is 11.8 Å². The van der Waals surface area contributed by atoms with Crippen molar-refractivity contribution in [3.8, 4) is 5.75 Å². The molecule has 20 heavy (non-hydrogen) atoms. The van der Waals surface area contributed by atoms with Crippen LogP contribution >= 0.6 is 0 Å². The second kappa shape index (κ2) is 5.44. The zero-order valence-electron chi connectivity index (χ0n) is 12.0. The van der Waals surface area contributed by atoms with Gasteiger partial charge in [0.1, 0.15) is 0 Å². The van der Waals surface area contributed by atoms with Crippen molar-refractivity contribution in [2.24, 2.45) is 5.73 Å². The molecule has 1 aliphatic carbocycles. The number of hydrogen-bond donors (Lipinski definition) is 2. The number of anilines is 2. The molecule has 1 aromatic heterocycles. The summed E-state index contributed by atoms with van der Waals surface area (Å²) in [6.07, 6.45) is 5.80.